The van der Waals surface area contributed by atoms with Gasteiger partial charge in [-0.25, -0.2) is 14.4 Å². The number of halogens is 2. The summed E-state index contributed by atoms with van der Waals surface area (Å²) in [5, 5.41) is -0.547. The SMILES string of the molecule is O=S(=O)(Nc1ccnc(Cl)c1)c1ncccc1F. The highest BCUT2D eigenvalue weighted by Crippen LogP contribution is 2.18. The van der Waals surface area contributed by atoms with E-state index in [1.807, 2.05) is 0 Å². The van der Waals surface area contributed by atoms with Crippen molar-refractivity contribution >= 4 is 27.3 Å². The molecular weight excluding hydrogens is 281 g/mol. The first-order valence-corrected chi connectivity index (χ1v) is 6.60. The predicted octanol–water partition coefficient (Wildman–Crippen LogP) is 2.07. The molecule has 0 aliphatic carbocycles. The summed E-state index contributed by atoms with van der Waals surface area (Å²) in [5.74, 6) is -0.926. The second kappa shape index (κ2) is 4.87. The van der Waals surface area contributed by atoms with Gasteiger partial charge in [-0.1, -0.05) is 11.6 Å². The van der Waals surface area contributed by atoms with E-state index in [-0.39, 0.29) is 10.8 Å². The molecule has 2 aromatic heterocycles. The Morgan fingerprint density at radius 1 is 1.22 bits per heavy atom. The molecule has 0 aliphatic rings. The number of anilines is 1. The molecule has 18 heavy (non-hydrogen) atoms. The van der Waals surface area contributed by atoms with E-state index in [2.05, 4.69) is 14.7 Å². The van der Waals surface area contributed by atoms with E-state index in [4.69, 9.17) is 11.6 Å². The van der Waals surface area contributed by atoms with Gasteiger partial charge in [-0.2, -0.15) is 8.42 Å². The van der Waals surface area contributed by atoms with E-state index in [1.54, 1.807) is 0 Å². The molecule has 2 rings (SSSR count). The normalized spacial score (nSPS) is 11.2. The number of aromatic nitrogens is 2. The summed E-state index contributed by atoms with van der Waals surface area (Å²) in [6, 6.07) is 5.02. The maximum Gasteiger partial charge on any atom is 0.282 e. The molecule has 0 saturated carbocycles. The van der Waals surface area contributed by atoms with Crippen LogP contribution in [0.15, 0.2) is 41.7 Å². The molecule has 2 aromatic rings. The first-order chi connectivity index (χ1) is 8.49. The summed E-state index contributed by atoms with van der Waals surface area (Å²) in [6.07, 6.45) is 2.52. The molecule has 0 aliphatic heterocycles. The largest absolute Gasteiger partial charge is 0.282 e. The second-order valence-corrected chi connectivity index (χ2v) is 5.25. The van der Waals surface area contributed by atoms with Crippen molar-refractivity contribution in [3.8, 4) is 0 Å². The van der Waals surface area contributed by atoms with Crippen LogP contribution in [-0.2, 0) is 10.0 Å². The number of pyridine rings is 2. The second-order valence-electron chi connectivity index (χ2n) is 3.26. The maximum absolute atomic E-state index is 13.3. The summed E-state index contributed by atoms with van der Waals surface area (Å²) < 4.78 is 39.2. The Labute approximate surface area is 108 Å². The number of hydrogen-bond donors (Lipinski definition) is 1. The van der Waals surface area contributed by atoms with Crippen LogP contribution in [0.4, 0.5) is 10.1 Å². The Kier molecular flexibility index (Phi) is 3.44. The molecule has 0 bridgehead atoms. The van der Waals surface area contributed by atoms with E-state index < -0.39 is 20.9 Å². The smallest absolute Gasteiger partial charge is 0.278 e. The fraction of sp³-hybridized carbons (Fsp3) is 0. The molecule has 0 fully saturated rings. The van der Waals surface area contributed by atoms with E-state index in [0.717, 1.165) is 6.07 Å². The van der Waals surface area contributed by atoms with Crippen LogP contribution in [0.5, 0.6) is 0 Å². The number of nitrogens with zero attached hydrogens (tertiary/aromatic N) is 2. The molecular formula is C10H7ClFN3O2S. The molecule has 0 radical (unpaired) electrons. The Balaban J connectivity index is 2.37. The van der Waals surface area contributed by atoms with Crippen LogP contribution in [0.1, 0.15) is 0 Å². The standard InChI is InChI=1S/C10H7ClFN3O2S/c11-9-6-7(3-5-13-9)15-18(16,17)10-8(12)2-1-4-14-10/h1-6H,(H,13,15). The minimum absolute atomic E-state index is 0.122. The molecule has 0 atom stereocenters. The van der Waals surface area contributed by atoms with Crippen LogP contribution in [0.3, 0.4) is 0 Å². The van der Waals surface area contributed by atoms with Crippen molar-refractivity contribution in [3.63, 3.8) is 0 Å². The van der Waals surface area contributed by atoms with E-state index in [9.17, 15) is 12.8 Å². The van der Waals surface area contributed by atoms with Crippen molar-refractivity contribution in [2.24, 2.45) is 0 Å². The topological polar surface area (TPSA) is 72.0 Å². The van der Waals surface area contributed by atoms with Gasteiger partial charge in [-0.05, 0) is 24.3 Å². The monoisotopic (exact) mass is 287 g/mol. The van der Waals surface area contributed by atoms with Crippen LogP contribution < -0.4 is 4.72 Å². The molecule has 0 amide bonds. The molecule has 0 spiro atoms. The Hall–Kier alpha value is -1.73. The van der Waals surface area contributed by atoms with Gasteiger partial charge in [0.05, 0.1) is 5.69 Å². The number of nitrogens with one attached hydrogen (secondary N) is 1. The average molecular weight is 288 g/mol. The number of rotatable bonds is 3. The lowest BCUT2D eigenvalue weighted by atomic mass is 10.4. The van der Waals surface area contributed by atoms with Crippen molar-refractivity contribution in [1.29, 1.82) is 0 Å². The molecule has 5 nitrogen and oxygen atoms in total. The minimum atomic E-state index is -4.08. The average Bonchev–Trinajstić information content (AvgIpc) is 2.28. The zero-order valence-corrected chi connectivity index (χ0v) is 10.4. The van der Waals surface area contributed by atoms with E-state index in [1.165, 1.54) is 30.6 Å². The summed E-state index contributed by atoms with van der Waals surface area (Å²) >= 11 is 5.62. The van der Waals surface area contributed by atoms with Crippen LogP contribution in [0.2, 0.25) is 5.15 Å². The van der Waals surface area contributed by atoms with Crippen LogP contribution in [0, 0.1) is 5.82 Å². The van der Waals surface area contributed by atoms with Gasteiger partial charge in [-0.3, -0.25) is 4.72 Å². The Bertz CT molecular complexity index is 678. The highest BCUT2D eigenvalue weighted by Gasteiger charge is 2.20. The van der Waals surface area contributed by atoms with Crippen molar-refractivity contribution in [1.82, 2.24) is 9.97 Å². The minimum Gasteiger partial charge on any atom is -0.278 e. The van der Waals surface area contributed by atoms with Gasteiger partial charge in [0.25, 0.3) is 10.0 Å². The summed E-state index contributed by atoms with van der Waals surface area (Å²) in [6.45, 7) is 0. The highest BCUT2D eigenvalue weighted by molar-refractivity contribution is 7.92. The van der Waals surface area contributed by atoms with Crippen molar-refractivity contribution in [3.05, 3.63) is 47.6 Å². The quantitative estimate of drug-likeness (QED) is 0.877. The summed E-state index contributed by atoms with van der Waals surface area (Å²) in [4.78, 5) is 7.20. The third-order valence-electron chi connectivity index (χ3n) is 1.96. The fourth-order valence-electron chi connectivity index (χ4n) is 1.24. The summed E-state index contributed by atoms with van der Waals surface area (Å²) in [5.41, 5.74) is 0.181. The molecule has 0 aromatic carbocycles. The molecule has 8 heteroatoms. The number of sulfonamides is 1. The Morgan fingerprint density at radius 3 is 2.67 bits per heavy atom. The van der Waals surface area contributed by atoms with Gasteiger partial charge in [0.1, 0.15) is 5.15 Å². The van der Waals surface area contributed by atoms with Crippen LogP contribution in [0.25, 0.3) is 0 Å². The van der Waals surface area contributed by atoms with Gasteiger partial charge in [0, 0.05) is 12.4 Å². The van der Waals surface area contributed by atoms with Gasteiger partial charge in [0.2, 0.25) is 5.03 Å². The third kappa shape index (κ3) is 2.74. The predicted molar refractivity (Wildman–Crippen MR) is 64.3 cm³/mol. The molecule has 0 unspecified atom stereocenters. The lowest BCUT2D eigenvalue weighted by Gasteiger charge is -2.07. The van der Waals surface area contributed by atoms with Crippen LogP contribution in [-0.4, -0.2) is 18.4 Å². The van der Waals surface area contributed by atoms with E-state index >= 15 is 0 Å². The zero-order chi connectivity index (χ0) is 13.2. The highest BCUT2D eigenvalue weighted by atomic mass is 35.5. The fourth-order valence-corrected chi connectivity index (χ4v) is 2.47. The molecule has 94 valence electrons. The summed E-state index contributed by atoms with van der Waals surface area (Å²) in [7, 11) is -4.08. The van der Waals surface area contributed by atoms with Gasteiger partial charge in [-0.15, -0.1) is 0 Å². The van der Waals surface area contributed by atoms with Gasteiger partial charge >= 0.3 is 0 Å². The lowest BCUT2D eigenvalue weighted by Crippen LogP contribution is -2.16. The zero-order valence-electron chi connectivity index (χ0n) is 8.84. The first-order valence-electron chi connectivity index (χ1n) is 4.74. The first kappa shape index (κ1) is 12.7. The van der Waals surface area contributed by atoms with Crippen molar-refractivity contribution < 1.29 is 12.8 Å². The number of hydrogen-bond acceptors (Lipinski definition) is 4. The third-order valence-corrected chi connectivity index (χ3v) is 3.48. The Morgan fingerprint density at radius 2 is 2.00 bits per heavy atom. The maximum atomic E-state index is 13.3. The molecule has 2 heterocycles. The van der Waals surface area contributed by atoms with Crippen molar-refractivity contribution in [2.45, 2.75) is 5.03 Å². The van der Waals surface area contributed by atoms with Crippen LogP contribution >= 0.6 is 11.6 Å². The van der Waals surface area contributed by atoms with Crippen molar-refractivity contribution in [2.75, 3.05) is 4.72 Å². The lowest BCUT2D eigenvalue weighted by molar-refractivity contribution is 0.557. The molecule has 0 saturated heterocycles. The van der Waals surface area contributed by atoms with E-state index in [0.29, 0.717) is 0 Å². The molecule has 1 N–H and O–H groups in total. The van der Waals surface area contributed by atoms with Gasteiger partial charge < -0.3 is 0 Å². The van der Waals surface area contributed by atoms with Gasteiger partial charge in [0.15, 0.2) is 5.82 Å².